The normalized spacial score (nSPS) is 23.8. The molecule has 2 amide bonds. The maximum Gasteiger partial charge on any atom is 0.303 e. The van der Waals surface area contributed by atoms with Crippen molar-refractivity contribution >= 4 is 23.5 Å². The van der Waals surface area contributed by atoms with Crippen LogP contribution in [0.25, 0.3) is 0 Å². The van der Waals surface area contributed by atoms with Crippen LogP contribution in [0.1, 0.15) is 69.9 Å². The van der Waals surface area contributed by atoms with Crippen molar-refractivity contribution < 1.29 is 28.3 Å². The number of halogens is 2. The van der Waals surface area contributed by atoms with Crippen LogP contribution in [0.5, 0.6) is 0 Å². The number of aliphatic carboxylic acids is 1. The molecule has 1 saturated carbocycles. The summed E-state index contributed by atoms with van der Waals surface area (Å²) in [5, 5.41) is 8.89. The first-order valence-corrected chi connectivity index (χ1v) is 10.4. The Morgan fingerprint density at radius 2 is 1.93 bits per heavy atom. The lowest BCUT2D eigenvalue weighted by atomic mass is 9.84. The first-order chi connectivity index (χ1) is 14.1. The summed E-state index contributed by atoms with van der Waals surface area (Å²) in [4.78, 5) is 39.9. The Morgan fingerprint density at radius 3 is 2.53 bits per heavy atom. The lowest BCUT2D eigenvalue weighted by Gasteiger charge is -2.28. The largest absolute Gasteiger partial charge is 0.481 e. The minimum atomic E-state index is -1.27. The molecule has 8 heteroatoms. The number of hydrogen-bond donors (Lipinski definition) is 1. The van der Waals surface area contributed by atoms with Crippen molar-refractivity contribution in [1.82, 2.24) is 4.90 Å². The second kappa shape index (κ2) is 7.03. The van der Waals surface area contributed by atoms with Crippen molar-refractivity contribution in [3.8, 4) is 0 Å². The Hall–Kier alpha value is -2.51. The summed E-state index contributed by atoms with van der Waals surface area (Å²) in [6.45, 7) is 5.24. The zero-order valence-corrected chi connectivity index (χ0v) is 17.4. The van der Waals surface area contributed by atoms with Gasteiger partial charge < -0.3 is 10.0 Å². The van der Waals surface area contributed by atoms with Crippen molar-refractivity contribution in [2.24, 2.45) is 0 Å². The number of anilines is 1. The number of carbonyl (C=O) groups excluding carboxylic acids is 2. The van der Waals surface area contributed by atoms with Crippen LogP contribution < -0.4 is 4.90 Å². The molecule has 1 saturated heterocycles. The van der Waals surface area contributed by atoms with E-state index in [1.807, 2.05) is 0 Å². The Balaban J connectivity index is 1.68. The molecule has 0 unspecified atom stereocenters. The monoisotopic (exact) mass is 420 g/mol. The van der Waals surface area contributed by atoms with Gasteiger partial charge in [-0.15, -0.1) is 0 Å². The molecule has 0 radical (unpaired) electrons. The van der Waals surface area contributed by atoms with Crippen LogP contribution in [0, 0.1) is 11.6 Å². The minimum Gasteiger partial charge on any atom is -0.481 e. The molecule has 2 heterocycles. The molecular formula is C22H26F2N2O4. The maximum atomic E-state index is 15.4. The Bertz CT molecular complexity index is 942. The van der Waals surface area contributed by atoms with Crippen molar-refractivity contribution in [3.63, 3.8) is 0 Å². The van der Waals surface area contributed by atoms with Gasteiger partial charge in [0.25, 0.3) is 0 Å². The van der Waals surface area contributed by atoms with Gasteiger partial charge in [0.1, 0.15) is 17.7 Å². The fourth-order valence-corrected chi connectivity index (χ4v) is 4.79. The highest BCUT2D eigenvalue weighted by Gasteiger charge is 2.54. The van der Waals surface area contributed by atoms with Gasteiger partial charge in [-0.3, -0.25) is 19.3 Å². The number of carboxylic acids is 1. The fraction of sp³-hybridized carbons (Fsp3) is 0.591. The smallest absolute Gasteiger partial charge is 0.303 e. The summed E-state index contributed by atoms with van der Waals surface area (Å²) in [5.74, 6) is -3.00. The van der Waals surface area contributed by atoms with Gasteiger partial charge in [-0.2, -0.15) is 0 Å². The molecule has 3 aliphatic rings. The number of nitrogens with zero attached hydrogens (tertiary/aromatic N) is 2. The number of benzene rings is 1. The van der Waals surface area contributed by atoms with E-state index < -0.39 is 35.0 Å². The second-order valence-electron chi connectivity index (χ2n) is 9.18. The van der Waals surface area contributed by atoms with Crippen molar-refractivity contribution in [2.75, 3.05) is 11.4 Å². The van der Waals surface area contributed by atoms with Crippen LogP contribution in [0.3, 0.4) is 0 Å². The highest BCUT2D eigenvalue weighted by Crippen LogP contribution is 2.51. The number of carboxylic acid groups (broad SMARTS) is 1. The molecule has 4 rings (SSSR count). The predicted molar refractivity (Wildman–Crippen MR) is 105 cm³/mol. The zero-order chi connectivity index (χ0) is 22.0. The van der Waals surface area contributed by atoms with E-state index in [1.165, 1.54) is 6.07 Å². The van der Waals surface area contributed by atoms with Gasteiger partial charge in [0.2, 0.25) is 11.8 Å². The number of amides is 2. The van der Waals surface area contributed by atoms with Crippen LogP contribution in [0.2, 0.25) is 0 Å². The number of rotatable bonds is 6. The molecule has 1 aliphatic carbocycles. The molecule has 6 nitrogen and oxygen atoms in total. The molecule has 30 heavy (non-hydrogen) atoms. The third-order valence-corrected chi connectivity index (χ3v) is 6.69. The summed E-state index contributed by atoms with van der Waals surface area (Å²) < 4.78 is 30.5. The van der Waals surface area contributed by atoms with Gasteiger partial charge in [-0.05, 0) is 64.0 Å². The van der Waals surface area contributed by atoms with Crippen LogP contribution in [0.4, 0.5) is 14.5 Å². The first kappa shape index (κ1) is 20.8. The molecule has 0 spiro atoms. The average Bonchev–Trinajstić information content (AvgIpc) is 3.41. The summed E-state index contributed by atoms with van der Waals surface area (Å²) in [6, 6.07) is -0.0474. The van der Waals surface area contributed by atoms with Crippen LogP contribution >= 0.6 is 0 Å². The number of likely N-dealkylation sites (tertiary alicyclic amines) is 1. The summed E-state index contributed by atoms with van der Waals surface area (Å²) in [5.41, 5.74) is -1.03. The van der Waals surface area contributed by atoms with Crippen LogP contribution in [-0.2, 0) is 19.8 Å². The van der Waals surface area contributed by atoms with Crippen molar-refractivity contribution in [2.45, 2.75) is 76.3 Å². The van der Waals surface area contributed by atoms with Crippen molar-refractivity contribution in [3.05, 3.63) is 28.8 Å². The topological polar surface area (TPSA) is 77.9 Å². The van der Waals surface area contributed by atoms with E-state index in [1.54, 1.807) is 25.7 Å². The van der Waals surface area contributed by atoms with Gasteiger partial charge in [-0.25, -0.2) is 8.78 Å². The van der Waals surface area contributed by atoms with Gasteiger partial charge >= 0.3 is 5.97 Å². The van der Waals surface area contributed by atoms with E-state index in [4.69, 9.17) is 5.11 Å². The van der Waals surface area contributed by atoms with E-state index in [0.717, 1.165) is 17.7 Å². The molecule has 2 atom stereocenters. The SMILES string of the molecule is C[C@H](CCC(=O)O)N1CC[C@@H](N2C(=O)C(C)(C)c3c(F)c(C4CC4)cc(F)c32)C1=O. The number of carbonyl (C=O) groups is 3. The van der Waals surface area contributed by atoms with Gasteiger partial charge in [0.05, 0.1) is 11.1 Å². The lowest BCUT2D eigenvalue weighted by Crippen LogP contribution is -2.48. The maximum absolute atomic E-state index is 15.4. The van der Waals surface area contributed by atoms with Crippen LogP contribution in [0.15, 0.2) is 6.07 Å². The summed E-state index contributed by atoms with van der Waals surface area (Å²) >= 11 is 0. The van der Waals surface area contributed by atoms with E-state index in [9.17, 15) is 14.4 Å². The molecule has 1 N–H and O–H groups in total. The Morgan fingerprint density at radius 1 is 1.27 bits per heavy atom. The first-order valence-electron chi connectivity index (χ1n) is 10.4. The molecule has 2 aliphatic heterocycles. The highest BCUT2D eigenvalue weighted by atomic mass is 19.1. The minimum absolute atomic E-state index is 0.0107. The fourth-order valence-electron chi connectivity index (χ4n) is 4.79. The van der Waals surface area contributed by atoms with Gasteiger partial charge in [0, 0.05) is 24.6 Å². The standard InChI is InChI=1S/C22H26F2N2O4/c1-11(4-7-16(27)28)25-9-8-15(20(25)29)26-19-14(23)10-13(12-5-6-12)18(24)17(19)22(2,3)21(26)30/h10-12,15H,4-9H2,1-3H3,(H,27,28)/t11-,15-/m1/s1. The molecular weight excluding hydrogens is 394 g/mol. The third kappa shape index (κ3) is 3.08. The highest BCUT2D eigenvalue weighted by molar-refractivity contribution is 6.12. The third-order valence-electron chi connectivity index (χ3n) is 6.69. The van der Waals surface area contributed by atoms with E-state index in [0.29, 0.717) is 18.5 Å². The number of fused-ring (bicyclic) bond motifs is 1. The number of hydrogen-bond acceptors (Lipinski definition) is 3. The second-order valence-corrected chi connectivity index (χ2v) is 9.18. The lowest BCUT2D eigenvalue weighted by molar-refractivity contribution is -0.138. The molecule has 1 aromatic carbocycles. The van der Waals surface area contributed by atoms with Crippen molar-refractivity contribution in [1.29, 1.82) is 0 Å². The van der Waals surface area contributed by atoms with E-state index in [2.05, 4.69) is 0 Å². The molecule has 0 bridgehead atoms. The quantitative estimate of drug-likeness (QED) is 0.766. The van der Waals surface area contributed by atoms with Gasteiger partial charge in [-0.1, -0.05) is 0 Å². The average molecular weight is 420 g/mol. The molecule has 1 aromatic rings. The molecule has 0 aromatic heterocycles. The molecule has 2 fully saturated rings. The zero-order valence-electron chi connectivity index (χ0n) is 17.4. The van der Waals surface area contributed by atoms with Gasteiger partial charge in [0.15, 0.2) is 0 Å². The Labute approximate surface area is 173 Å². The summed E-state index contributed by atoms with van der Waals surface area (Å²) in [6.07, 6.45) is 2.12. The summed E-state index contributed by atoms with van der Waals surface area (Å²) in [7, 11) is 0. The molecule has 162 valence electrons. The predicted octanol–water partition coefficient (Wildman–Crippen LogP) is 3.32. The Kier molecular flexibility index (Phi) is 4.86. The van der Waals surface area contributed by atoms with E-state index in [-0.39, 0.29) is 42.0 Å². The van der Waals surface area contributed by atoms with E-state index >= 15 is 8.78 Å². The van der Waals surface area contributed by atoms with Crippen LogP contribution in [-0.4, -0.2) is 46.4 Å².